The standard InChI is InChI=1S/C43H39N5O3.ClH/c1-2-32-22-34(50-27-30-14-8-4-9-15-30)19-21-35(32)33-18-20-36-37(23-33)46-47-41(36)42-45-38-24-39(43(49)51-28-31-16-10-5-11-17-31)44-25-40(38)48(42)26-29-12-6-3-7-13-29;/h3-23,39,44H,2,24-28H2,1H3,(H,46,47);1H. The van der Waals surface area contributed by atoms with Crippen LogP contribution in [0, 0.1) is 0 Å². The number of halogens is 1. The van der Waals surface area contributed by atoms with E-state index in [0.717, 1.165) is 68.2 Å². The molecule has 1 atom stereocenters. The van der Waals surface area contributed by atoms with Crippen LogP contribution in [0.25, 0.3) is 33.5 Å². The largest absolute Gasteiger partial charge is 0.489 e. The predicted molar refractivity (Wildman–Crippen MR) is 206 cm³/mol. The second-order valence-electron chi connectivity index (χ2n) is 12.9. The van der Waals surface area contributed by atoms with Crippen molar-refractivity contribution in [3.05, 3.63) is 161 Å². The Hall–Kier alpha value is -5.70. The van der Waals surface area contributed by atoms with Gasteiger partial charge in [0.05, 0.1) is 16.9 Å². The second-order valence-corrected chi connectivity index (χ2v) is 12.9. The number of nitrogens with one attached hydrogen (secondary N) is 2. The summed E-state index contributed by atoms with van der Waals surface area (Å²) < 4.78 is 14.0. The van der Waals surface area contributed by atoms with Crippen molar-refractivity contribution < 1.29 is 14.3 Å². The van der Waals surface area contributed by atoms with Crippen LogP contribution in [0.3, 0.4) is 0 Å². The molecule has 1 aliphatic heterocycles. The van der Waals surface area contributed by atoms with Gasteiger partial charge in [-0.2, -0.15) is 5.10 Å². The number of esters is 1. The van der Waals surface area contributed by atoms with Gasteiger partial charge in [-0.25, -0.2) is 4.98 Å². The molecule has 262 valence electrons. The minimum Gasteiger partial charge on any atom is -0.489 e. The van der Waals surface area contributed by atoms with Crippen molar-refractivity contribution in [3.8, 4) is 28.4 Å². The highest BCUT2D eigenvalue weighted by Gasteiger charge is 2.31. The van der Waals surface area contributed by atoms with Gasteiger partial charge in [-0.05, 0) is 64.1 Å². The minimum absolute atomic E-state index is 0. The first-order valence-corrected chi connectivity index (χ1v) is 17.5. The fourth-order valence-corrected chi connectivity index (χ4v) is 6.83. The quantitative estimate of drug-likeness (QED) is 0.131. The van der Waals surface area contributed by atoms with E-state index in [1.807, 2.05) is 72.8 Å². The molecule has 3 heterocycles. The Kier molecular flexibility index (Phi) is 10.5. The van der Waals surface area contributed by atoms with Crippen LogP contribution in [-0.4, -0.2) is 31.8 Å². The summed E-state index contributed by atoms with van der Waals surface area (Å²) in [5.74, 6) is 1.36. The van der Waals surface area contributed by atoms with E-state index < -0.39 is 6.04 Å². The van der Waals surface area contributed by atoms with Gasteiger partial charge in [0.1, 0.15) is 30.7 Å². The lowest BCUT2D eigenvalue weighted by Crippen LogP contribution is -2.43. The molecule has 0 radical (unpaired) electrons. The molecule has 0 aliphatic carbocycles. The Bertz CT molecular complexity index is 2290. The molecular weight excluding hydrogens is 670 g/mol. The summed E-state index contributed by atoms with van der Waals surface area (Å²) in [6.07, 6.45) is 1.32. The third-order valence-corrected chi connectivity index (χ3v) is 9.55. The van der Waals surface area contributed by atoms with Gasteiger partial charge in [-0.3, -0.25) is 15.2 Å². The molecule has 2 aromatic heterocycles. The highest BCUT2D eigenvalue weighted by atomic mass is 35.5. The fourth-order valence-electron chi connectivity index (χ4n) is 6.83. The maximum absolute atomic E-state index is 13.1. The highest BCUT2D eigenvalue weighted by Crippen LogP contribution is 2.34. The lowest BCUT2D eigenvalue weighted by atomic mass is 9.96. The van der Waals surface area contributed by atoms with Crippen LogP contribution in [0.15, 0.2) is 127 Å². The highest BCUT2D eigenvalue weighted by molar-refractivity contribution is 5.94. The van der Waals surface area contributed by atoms with Gasteiger partial charge in [-0.15, -0.1) is 12.4 Å². The number of aromatic nitrogens is 4. The van der Waals surface area contributed by atoms with E-state index >= 15 is 0 Å². The molecule has 0 spiro atoms. The predicted octanol–water partition coefficient (Wildman–Crippen LogP) is 8.46. The van der Waals surface area contributed by atoms with Crippen LogP contribution in [0.1, 0.15) is 40.6 Å². The number of benzene rings is 5. The van der Waals surface area contributed by atoms with Gasteiger partial charge in [0, 0.05) is 24.9 Å². The van der Waals surface area contributed by atoms with E-state index in [9.17, 15) is 4.79 Å². The number of hydrogen-bond acceptors (Lipinski definition) is 6. The monoisotopic (exact) mass is 709 g/mol. The molecule has 1 aliphatic rings. The van der Waals surface area contributed by atoms with Crippen LogP contribution in [0.4, 0.5) is 0 Å². The number of H-pyrrole nitrogens is 1. The number of carbonyl (C=O) groups is 1. The average molecular weight is 710 g/mol. The molecule has 0 saturated carbocycles. The van der Waals surface area contributed by atoms with E-state index in [4.69, 9.17) is 19.6 Å². The second kappa shape index (κ2) is 15.7. The molecular formula is C43H40ClN5O3. The van der Waals surface area contributed by atoms with Crippen molar-refractivity contribution in [1.82, 2.24) is 25.1 Å². The van der Waals surface area contributed by atoms with Crippen molar-refractivity contribution in [2.45, 2.75) is 52.1 Å². The number of nitrogens with zero attached hydrogens (tertiary/aromatic N) is 3. The first kappa shape index (κ1) is 34.7. The number of aromatic amines is 1. The number of rotatable bonds is 11. The number of hydrogen-bond donors (Lipinski definition) is 2. The smallest absolute Gasteiger partial charge is 0.323 e. The van der Waals surface area contributed by atoms with Crippen LogP contribution in [0.2, 0.25) is 0 Å². The van der Waals surface area contributed by atoms with Gasteiger partial charge in [-0.1, -0.05) is 110 Å². The van der Waals surface area contributed by atoms with E-state index in [1.165, 1.54) is 11.1 Å². The number of ether oxygens (including phenoxy) is 2. The molecule has 7 aromatic rings. The molecule has 0 fully saturated rings. The lowest BCUT2D eigenvalue weighted by Gasteiger charge is -2.23. The normalized spacial score (nSPS) is 13.7. The van der Waals surface area contributed by atoms with E-state index in [1.54, 1.807) is 0 Å². The van der Waals surface area contributed by atoms with Gasteiger partial charge < -0.3 is 14.0 Å². The van der Waals surface area contributed by atoms with Crippen LogP contribution in [0.5, 0.6) is 5.75 Å². The van der Waals surface area contributed by atoms with Gasteiger partial charge in [0.2, 0.25) is 0 Å². The van der Waals surface area contributed by atoms with Crippen LogP contribution in [-0.2, 0) is 48.7 Å². The zero-order valence-corrected chi connectivity index (χ0v) is 29.7. The van der Waals surface area contributed by atoms with Crippen LogP contribution < -0.4 is 10.1 Å². The number of imidazole rings is 1. The van der Waals surface area contributed by atoms with Gasteiger partial charge >= 0.3 is 5.97 Å². The molecule has 0 amide bonds. The van der Waals surface area contributed by atoms with E-state index in [2.05, 4.69) is 76.5 Å². The first-order chi connectivity index (χ1) is 25.1. The van der Waals surface area contributed by atoms with Gasteiger partial charge in [0.15, 0.2) is 5.82 Å². The summed E-state index contributed by atoms with van der Waals surface area (Å²) >= 11 is 0. The van der Waals surface area contributed by atoms with E-state index in [0.29, 0.717) is 26.1 Å². The molecule has 0 bridgehead atoms. The molecule has 8 rings (SSSR count). The average Bonchev–Trinajstić information content (AvgIpc) is 3.77. The zero-order chi connectivity index (χ0) is 34.6. The number of fused-ring (bicyclic) bond motifs is 2. The Labute approximate surface area is 309 Å². The molecule has 2 N–H and O–H groups in total. The maximum atomic E-state index is 13.1. The number of aryl methyl sites for hydroxylation is 1. The molecule has 9 heteroatoms. The van der Waals surface area contributed by atoms with Crippen molar-refractivity contribution in [3.63, 3.8) is 0 Å². The van der Waals surface area contributed by atoms with Crippen molar-refractivity contribution in [2.24, 2.45) is 0 Å². The maximum Gasteiger partial charge on any atom is 0.323 e. The zero-order valence-electron chi connectivity index (χ0n) is 28.9. The molecule has 5 aromatic carbocycles. The third-order valence-electron chi connectivity index (χ3n) is 9.55. The Morgan fingerprint density at radius 2 is 1.52 bits per heavy atom. The Balaban J connectivity index is 0.00000420. The van der Waals surface area contributed by atoms with Crippen molar-refractivity contribution >= 4 is 29.3 Å². The van der Waals surface area contributed by atoms with Gasteiger partial charge in [0.25, 0.3) is 0 Å². The third kappa shape index (κ3) is 7.35. The molecule has 52 heavy (non-hydrogen) atoms. The summed E-state index contributed by atoms with van der Waals surface area (Å²) in [6.45, 7) is 4.08. The molecule has 1 unspecified atom stereocenters. The Morgan fingerprint density at radius 3 is 2.23 bits per heavy atom. The summed E-state index contributed by atoms with van der Waals surface area (Å²) in [5.41, 5.74) is 10.4. The summed E-state index contributed by atoms with van der Waals surface area (Å²) in [4.78, 5) is 18.3. The van der Waals surface area contributed by atoms with Crippen molar-refractivity contribution in [2.75, 3.05) is 0 Å². The first-order valence-electron chi connectivity index (χ1n) is 17.5. The fraction of sp³-hybridized carbons (Fsp3) is 0.186. The topological polar surface area (TPSA) is 94.1 Å². The summed E-state index contributed by atoms with van der Waals surface area (Å²) in [5, 5.41) is 12.5. The van der Waals surface area contributed by atoms with Crippen LogP contribution >= 0.6 is 12.4 Å². The van der Waals surface area contributed by atoms with E-state index in [-0.39, 0.29) is 25.0 Å². The summed E-state index contributed by atoms with van der Waals surface area (Å²) in [6, 6.07) is 42.6. The summed E-state index contributed by atoms with van der Waals surface area (Å²) in [7, 11) is 0. The SMILES string of the molecule is CCc1cc(OCc2ccccc2)ccc1-c1ccc2c(-c3nc4c(n3Cc3ccccc3)CNC(C(=O)OCc3ccccc3)C4)n[nH]c2c1.Cl. The van der Waals surface area contributed by atoms with Crippen molar-refractivity contribution in [1.29, 1.82) is 0 Å². The molecule has 8 nitrogen and oxygen atoms in total. The minimum atomic E-state index is -0.476. The lowest BCUT2D eigenvalue weighted by molar-refractivity contribution is -0.147. The Morgan fingerprint density at radius 1 is 0.827 bits per heavy atom. The number of carbonyl (C=O) groups excluding carboxylic acids is 1. The molecule has 0 saturated heterocycles.